The van der Waals surface area contributed by atoms with Crippen molar-refractivity contribution in [1.82, 2.24) is 9.47 Å². The molecule has 0 atom stereocenters. The van der Waals surface area contributed by atoms with E-state index in [1.165, 1.54) is 32.4 Å². The fourth-order valence-corrected chi connectivity index (χ4v) is 3.50. The third-order valence-electron chi connectivity index (χ3n) is 4.77. The fraction of sp³-hybridized carbons (Fsp3) is 0.526. The summed E-state index contributed by atoms with van der Waals surface area (Å²) < 4.78 is 2.05. The highest BCUT2D eigenvalue weighted by Crippen LogP contribution is 2.22. The molecule has 1 fully saturated rings. The second-order valence-corrected chi connectivity index (χ2v) is 6.45. The number of Topliss-reactive ketones (excluding diaryl/α,β-unsaturated/α-hetero) is 1. The van der Waals surface area contributed by atoms with E-state index in [1.807, 2.05) is 25.4 Å². The second-order valence-electron chi connectivity index (χ2n) is 6.45. The summed E-state index contributed by atoms with van der Waals surface area (Å²) in [6.45, 7) is 3.65. The third kappa shape index (κ3) is 3.41. The lowest BCUT2D eigenvalue weighted by molar-refractivity contribution is 0.0979. The van der Waals surface area contributed by atoms with E-state index in [0.29, 0.717) is 6.42 Å². The quantitative estimate of drug-likeness (QED) is 0.594. The van der Waals surface area contributed by atoms with Crippen molar-refractivity contribution in [3.8, 4) is 0 Å². The maximum Gasteiger partial charge on any atom is 0.165 e. The number of hydrogen-bond acceptors (Lipinski definition) is 2. The molecule has 1 aliphatic rings. The monoisotopic (exact) mass is 298 g/mol. The summed E-state index contributed by atoms with van der Waals surface area (Å²) in [6.07, 6.45) is 8.86. The summed E-state index contributed by atoms with van der Waals surface area (Å²) >= 11 is 0. The van der Waals surface area contributed by atoms with E-state index < -0.39 is 0 Å². The minimum atomic E-state index is 0.287. The first kappa shape index (κ1) is 15.3. The maximum atomic E-state index is 12.5. The number of piperidine rings is 1. The Morgan fingerprint density at radius 1 is 1.09 bits per heavy atom. The number of fused-ring (bicyclic) bond motifs is 1. The van der Waals surface area contributed by atoms with Gasteiger partial charge in [-0.3, -0.25) is 4.79 Å². The van der Waals surface area contributed by atoms with Crippen molar-refractivity contribution in [2.45, 2.75) is 38.5 Å². The summed E-state index contributed by atoms with van der Waals surface area (Å²) in [7, 11) is 2.01. The number of aromatic nitrogens is 1. The van der Waals surface area contributed by atoms with Crippen molar-refractivity contribution in [2.24, 2.45) is 7.05 Å². The number of hydrogen-bond donors (Lipinski definition) is 0. The zero-order valence-electron chi connectivity index (χ0n) is 13.6. The lowest BCUT2D eigenvalue weighted by Crippen LogP contribution is -2.30. The van der Waals surface area contributed by atoms with Crippen LogP contribution in [0, 0.1) is 0 Å². The van der Waals surface area contributed by atoms with Crippen LogP contribution in [0.1, 0.15) is 48.9 Å². The van der Waals surface area contributed by atoms with E-state index in [0.717, 1.165) is 35.9 Å². The van der Waals surface area contributed by atoms with Crippen molar-refractivity contribution in [3.63, 3.8) is 0 Å². The number of para-hydroxylation sites is 1. The van der Waals surface area contributed by atoms with Gasteiger partial charge in [0.05, 0.1) is 0 Å². The Kier molecular flexibility index (Phi) is 4.94. The van der Waals surface area contributed by atoms with Crippen LogP contribution in [0.5, 0.6) is 0 Å². The molecule has 0 saturated carbocycles. The normalized spacial score (nSPS) is 16.2. The molecule has 3 rings (SSSR count). The predicted molar refractivity (Wildman–Crippen MR) is 91.4 cm³/mol. The number of aryl methyl sites for hydroxylation is 1. The van der Waals surface area contributed by atoms with E-state index in [2.05, 4.69) is 21.6 Å². The Labute approximate surface area is 132 Å². The van der Waals surface area contributed by atoms with Gasteiger partial charge in [0.15, 0.2) is 5.78 Å². The maximum absolute atomic E-state index is 12.5. The minimum Gasteiger partial charge on any atom is -0.350 e. The average molecular weight is 298 g/mol. The topological polar surface area (TPSA) is 25.2 Å². The van der Waals surface area contributed by atoms with Gasteiger partial charge in [0.1, 0.15) is 0 Å². The molecule has 0 amide bonds. The van der Waals surface area contributed by atoms with Crippen LogP contribution in [0.3, 0.4) is 0 Å². The largest absolute Gasteiger partial charge is 0.350 e. The summed E-state index contributed by atoms with van der Waals surface area (Å²) in [5.41, 5.74) is 2.02. The Morgan fingerprint density at radius 2 is 1.86 bits per heavy atom. The van der Waals surface area contributed by atoms with Gasteiger partial charge in [-0.05, 0) is 51.4 Å². The van der Waals surface area contributed by atoms with Crippen LogP contribution in [0.4, 0.5) is 0 Å². The zero-order chi connectivity index (χ0) is 15.4. The van der Waals surface area contributed by atoms with Gasteiger partial charge in [0.2, 0.25) is 0 Å². The number of ketones is 1. The van der Waals surface area contributed by atoms with E-state index in [4.69, 9.17) is 0 Å². The van der Waals surface area contributed by atoms with Crippen LogP contribution in [0.2, 0.25) is 0 Å². The standard InChI is InChI=1S/C19H26N2O/c1-20-15-17(16-9-3-4-10-18(16)20)19(22)11-5-8-14-21-12-6-2-7-13-21/h3-4,9-10,15H,2,5-8,11-14H2,1H3. The lowest BCUT2D eigenvalue weighted by atomic mass is 10.0. The molecule has 0 unspecified atom stereocenters. The van der Waals surface area contributed by atoms with Gasteiger partial charge in [-0.2, -0.15) is 0 Å². The molecule has 3 heteroatoms. The summed E-state index contributed by atoms with van der Waals surface area (Å²) in [5.74, 6) is 0.287. The van der Waals surface area contributed by atoms with Crippen molar-refractivity contribution in [1.29, 1.82) is 0 Å². The highest BCUT2D eigenvalue weighted by molar-refractivity contribution is 6.08. The molecule has 0 N–H and O–H groups in total. The third-order valence-corrected chi connectivity index (χ3v) is 4.77. The molecule has 3 nitrogen and oxygen atoms in total. The van der Waals surface area contributed by atoms with Crippen molar-refractivity contribution < 1.29 is 4.79 Å². The predicted octanol–water partition coefficient (Wildman–Crippen LogP) is 4.02. The minimum absolute atomic E-state index is 0.287. The van der Waals surface area contributed by atoms with Gasteiger partial charge >= 0.3 is 0 Å². The molecule has 118 valence electrons. The van der Waals surface area contributed by atoms with Crippen LogP contribution >= 0.6 is 0 Å². The molecule has 0 radical (unpaired) electrons. The van der Waals surface area contributed by atoms with Crippen LogP contribution in [0.25, 0.3) is 10.9 Å². The molecule has 1 aromatic carbocycles. The summed E-state index contributed by atoms with van der Waals surface area (Å²) in [4.78, 5) is 15.0. The summed E-state index contributed by atoms with van der Waals surface area (Å²) in [6, 6.07) is 8.16. The second kappa shape index (κ2) is 7.10. The van der Waals surface area contributed by atoms with Gasteiger partial charge < -0.3 is 9.47 Å². The number of benzene rings is 1. The molecular weight excluding hydrogens is 272 g/mol. The molecule has 1 aromatic heterocycles. The van der Waals surface area contributed by atoms with Gasteiger partial charge in [-0.25, -0.2) is 0 Å². The van der Waals surface area contributed by atoms with Crippen molar-refractivity contribution in [3.05, 3.63) is 36.0 Å². The van der Waals surface area contributed by atoms with E-state index in [1.54, 1.807) is 0 Å². The molecular formula is C19H26N2O. The molecule has 2 aromatic rings. The first-order valence-electron chi connectivity index (χ1n) is 8.55. The highest BCUT2D eigenvalue weighted by atomic mass is 16.1. The fourth-order valence-electron chi connectivity index (χ4n) is 3.50. The van der Waals surface area contributed by atoms with Crippen molar-refractivity contribution >= 4 is 16.7 Å². The Balaban J connectivity index is 1.53. The average Bonchev–Trinajstić information content (AvgIpc) is 2.90. The molecule has 1 aliphatic heterocycles. The number of carbonyl (C=O) groups excluding carboxylic acids is 1. The van der Waals surface area contributed by atoms with Crippen LogP contribution < -0.4 is 0 Å². The Bertz CT molecular complexity index is 638. The Hall–Kier alpha value is -1.61. The zero-order valence-corrected chi connectivity index (χ0v) is 13.6. The molecule has 2 heterocycles. The van der Waals surface area contributed by atoms with Crippen LogP contribution in [-0.4, -0.2) is 34.9 Å². The first-order valence-corrected chi connectivity index (χ1v) is 8.55. The smallest absolute Gasteiger partial charge is 0.165 e. The summed E-state index contributed by atoms with van der Waals surface area (Å²) in [5, 5.41) is 1.09. The van der Waals surface area contributed by atoms with Gasteiger partial charge in [0, 0.05) is 36.1 Å². The number of rotatable bonds is 6. The van der Waals surface area contributed by atoms with Gasteiger partial charge in [0.25, 0.3) is 0 Å². The number of carbonyl (C=O) groups is 1. The highest BCUT2D eigenvalue weighted by Gasteiger charge is 2.14. The van der Waals surface area contributed by atoms with Crippen LogP contribution in [-0.2, 0) is 7.05 Å². The van der Waals surface area contributed by atoms with E-state index in [9.17, 15) is 4.79 Å². The Morgan fingerprint density at radius 3 is 2.68 bits per heavy atom. The van der Waals surface area contributed by atoms with E-state index in [-0.39, 0.29) is 5.78 Å². The van der Waals surface area contributed by atoms with Crippen molar-refractivity contribution in [2.75, 3.05) is 19.6 Å². The number of nitrogens with zero attached hydrogens (tertiary/aromatic N) is 2. The number of likely N-dealkylation sites (tertiary alicyclic amines) is 1. The van der Waals surface area contributed by atoms with Crippen LogP contribution in [0.15, 0.2) is 30.5 Å². The molecule has 22 heavy (non-hydrogen) atoms. The van der Waals surface area contributed by atoms with Gasteiger partial charge in [-0.1, -0.05) is 24.6 Å². The molecule has 0 spiro atoms. The lowest BCUT2D eigenvalue weighted by Gasteiger charge is -2.26. The van der Waals surface area contributed by atoms with Gasteiger partial charge in [-0.15, -0.1) is 0 Å². The molecule has 1 saturated heterocycles. The molecule has 0 aliphatic carbocycles. The van der Waals surface area contributed by atoms with E-state index >= 15 is 0 Å². The SMILES string of the molecule is Cn1cc(C(=O)CCCCN2CCCCC2)c2ccccc21. The first-order chi connectivity index (χ1) is 10.8. The molecule has 0 bridgehead atoms. The number of unbranched alkanes of at least 4 members (excludes halogenated alkanes) is 1.